The summed E-state index contributed by atoms with van der Waals surface area (Å²) in [5, 5.41) is 2.09. The zero-order chi connectivity index (χ0) is 15.3. The van der Waals surface area contributed by atoms with Crippen LogP contribution >= 0.6 is 11.6 Å². The Bertz CT molecular complexity index is 507. The fourth-order valence-electron chi connectivity index (χ4n) is 2.16. The summed E-state index contributed by atoms with van der Waals surface area (Å²) in [6, 6.07) is 6.22. The van der Waals surface area contributed by atoms with E-state index in [1.807, 2.05) is 6.07 Å². The Morgan fingerprint density at radius 2 is 1.45 bits per heavy atom. The fourth-order valence-corrected chi connectivity index (χ4v) is 3.68. The van der Waals surface area contributed by atoms with Gasteiger partial charge in [0.1, 0.15) is 0 Å². The van der Waals surface area contributed by atoms with Crippen LogP contribution in [0.5, 0.6) is 0 Å². The first-order valence-corrected chi connectivity index (χ1v) is 11.0. The summed E-state index contributed by atoms with van der Waals surface area (Å²) in [4.78, 5) is 0. The Kier molecular flexibility index (Phi) is 3.92. The molecule has 1 aromatic carbocycles. The predicted molar refractivity (Wildman–Crippen MR) is 90.1 cm³/mol. The second-order valence-corrected chi connectivity index (χ2v) is 13.1. The van der Waals surface area contributed by atoms with Crippen LogP contribution in [0.2, 0.25) is 24.7 Å². The van der Waals surface area contributed by atoms with Gasteiger partial charge in [-0.15, -0.1) is 0 Å². The summed E-state index contributed by atoms with van der Waals surface area (Å²) in [7, 11) is -1.75. The van der Waals surface area contributed by atoms with Crippen molar-refractivity contribution in [3.8, 4) is 0 Å². The van der Waals surface area contributed by atoms with Crippen LogP contribution in [0.25, 0.3) is 0 Å². The van der Waals surface area contributed by atoms with E-state index in [4.69, 9.17) is 20.9 Å². The minimum Gasteiger partial charge on any atom is -0.399 e. The van der Waals surface area contributed by atoms with Gasteiger partial charge in [-0.05, 0) is 45.3 Å². The fraction of sp³-hybridized carbons (Fsp3) is 0.600. The standard InChI is InChI=1S/C15H24BClO2Si/c1-14(2)15(3,4)19-16(18-14)11-8-12(17)10-13(9-11)20(5,6)7/h8-10H,1-7H3. The minimum atomic E-state index is -1.41. The van der Waals surface area contributed by atoms with Crippen LogP contribution in [0.15, 0.2) is 18.2 Å². The van der Waals surface area contributed by atoms with Gasteiger partial charge in [-0.3, -0.25) is 0 Å². The van der Waals surface area contributed by atoms with Gasteiger partial charge in [-0.1, -0.05) is 42.5 Å². The lowest BCUT2D eigenvalue weighted by Gasteiger charge is -2.32. The van der Waals surface area contributed by atoms with Gasteiger partial charge >= 0.3 is 7.12 Å². The van der Waals surface area contributed by atoms with E-state index >= 15 is 0 Å². The summed E-state index contributed by atoms with van der Waals surface area (Å²) < 4.78 is 12.2. The van der Waals surface area contributed by atoms with Crippen molar-refractivity contribution in [1.29, 1.82) is 0 Å². The van der Waals surface area contributed by atoms with E-state index in [1.54, 1.807) is 0 Å². The molecule has 1 saturated heterocycles. The maximum Gasteiger partial charge on any atom is 0.494 e. The molecule has 0 radical (unpaired) electrons. The third-order valence-corrected chi connectivity index (χ3v) is 6.55. The highest BCUT2D eigenvalue weighted by Crippen LogP contribution is 2.36. The molecule has 0 bridgehead atoms. The van der Waals surface area contributed by atoms with E-state index in [1.165, 1.54) is 5.19 Å². The van der Waals surface area contributed by atoms with E-state index in [-0.39, 0.29) is 18.3 Å². The largest absolute Gasteiger partial charge is 0.494 e. The SMILES string of the molecule is CC1(C)OB(c2cc(Cl)cc([Si](C)(C)C)c2)OC1(C)C. The monoisotopic (exact) mass is 310 g/mol. The van der Waals surface area contributed by atoms with Crippen LogP contribution < -0.4 is 10.6 Å². The van der Waals surface area contributed by atoms with Crippen LogP contribution in [0.4, 0.5) is 0 Å². The van der Waals surface area contributed by atoms with Gasteiger partial charge in [0.05, 0.1) is 19.3 Å². The highest BCUT2D eigenvalue weighted by atomic mass is 35.5. The van der Waals surface area contributed by atoms with Crippen LogP contribution in [0, 0.1) is 0 Å². The Balaban J connectivity index is 2.38. The first kappa shape index (κ1) is 16.1. The molecule has 0 amide bonds. The van der Waals surface area contributed by atoms with Crippen LogP contribution in [0.1, 0.15) is 27.7 Å². The normalized spacial score (nSPS) is 21.3. The molecule has 110 valence electrons. The lowest BCUT2D eigenvalue weighted by atomic mass is 9.79. The Hall–Kier alpha value is -0.288. The molecule has 1 heterocycles. The molecule has 0 aliphatic carbocycles. The summed E-state index contributed by atoms with van der Waals surface area (Å²) in [6.07, 6.45) is 0. The van der Waals surface area contributed by atoms with Crippen LogP contribution in [-0.2, 0) is 9.31 Å². The van der Waals surface area contributed by atoms with E-state index in [0.717, 1.165) is 10.5 Å². The highest BCUT2D eigenvalue weighted by Gasteiger charge is 2.51. The summed E-state index contributed by atoms with van der Waals surface area (Å²) >= 11 is 6.29. The molecule has 0 spiro atoms. The molecule has 20 heavy (non-hydrogen) atoms. The molecule has 2 nitrogen and oxygen atoms in total. The van der Waals surface area contributed by atoms with Gasteiger partial charge in [0.25, 0.3) is 0 Å². The van der Waals surface area contributed by atoms with Gasteiger partial charge in [0, 0.05) is 5.02 Å². The number of halogens is 1. The van der Waals surface area contributed by atoms with Crippen molar-refractivity contribution >= 4 is 37.4 Å². The average molecular weight is 311 g/mol. The maximum atomic E-state index is 6.29. The zero-order valence-electron chi connectivity index (χ0n) is 13.5. The maximum absolute atomic E-state index is 6.29. The van der Waals surface area contributed by atoms with Crippen molar-refractivity contribution in [2.75, 3.05) is 0 Å². The number of hydrogen-bond acceptors (Lipinski definition) is 2. The van der Waals surface area contributed by atoms with Gasteiger partial charge in [-0.25, -0.2) is 0 Å². The molecule has 5 heteroatoms. The van der Waals surface area contributed by atoms with Gasteiger partial charge in [0.2, 0.25) is 0 Å². The van der Waals surface area contributed by atoms with E-state index in [0.29, 0.717) is 0 Å². The molecule has 1 aliphatic rings. The average Bonchev–Trinajstić information content (AvgIpc) is 2.46. The first-order chi connectivity index (χ1) is 8.92. The van der Waals surface area contributed by atoms with Crippen molar-refractivity contribution in [3.05, 3.63) is 23.2 Å². The smallest absolute Gasteiger partial charge is 0.399 e. The third-order valence-electron chi connectivity index (χ3n) is 4.31. The van der Waals surface area contributed by atoms with Crippen LogP contribution in [-0.4, -0.2) is 26.4 Å². The number of hydrogen-bond donors (Lipinski definition) is 0. The molecule has 2 rings (SSSR count). The van der Waals surface area contributed by atoms with Gasteiger partial charge in [0.15, 0.2) is 0 Å². The van der Waals surface area contributed by atoms with Crippen molar-refractivity contribution < 1.29 is 9.31 Å². The molecule has 0 atom stereocenters. The highest BCUT2D eigenvalue weighted by molar-refractivity contribution is 6.89. The second-order valence-electron chi connectivity index (χ2n) is 7.61. The van der Waals surface area contributed by atoms with Crippen molar-refractivity contribution in [2.45, 2.75) is 58.5 Å². The molecule has 0 N–H and O–H groups in total. The summed E-state index contributed by atoms with van der Waals surface area (Å²) in [5.74, 6) is 0. The number of rotatable bonds is 2. The molecule has 1 aliphatic heterocycles. The van der Waals surface area contributed by atoms with Crippen LogP contribution in [0.3, 0.4) is 0 Å². The quantitative estimate of drug-likeness (QED) is 0.781. The van der Waals surface area contributed by atoms with Gasteiger partial charge in [-0.2, -0.15) is 0 Å². The molecule has 0 aromatic heterocycles. The Labute approximate surface area is 129 Å². The van der Waals surface area contributed by atoms with E-state index in [9.17, 15) is 0 Å². The molecule has 0 unspecified atom stereocenters. The zero-order valence-corrected chi connectivity index (χ0v) is 15.3. The third kappa shape index (κ3) is 2.98. The Morgan fingerprint density at radius 1 is 0.950 bits per heavy atom. The topological polar surface area (TPSA) is 18.5 Å². The second kappa shape index (κ2) is 4.87. The first-order valence-electron chi connectivity index (χ1n) is 7.09. The van der Waals surface area contributed by atoms with E-state index in [2.05, 4.69) is 59.5 Å². The predicted octanol–water partition coefficient (Wildman–Crippen LogP) is 3.18. The van der Waals surface area contributed by atoms with Crippen molar-refractivity contribution in [3.63, 3.8) is 0 Å². The molecule has 1 fully saturated rings. The lowest BCUT2D eigenvalue weighted by molar-refractivity contribution is 0.00578. The number of benzene rings is 1. The minimum absolute atomic E-state index is 0.320. The molecule has 0 saturated carbocycles. The summed E-state index contributed by atoms with van der Waals surface area (Å²) in [6.45, 7) is 15.2. The molecular formula is C15H24BClO2Si. The molecule has 1 aromatic rings. The molecular weight excluding hydrogens is 287 g/mol. The van der Waals surface area contributed by atoms with Crippen molar-refractivity contribution in [1.82, 2.24) is 0 Å². The Morgan fingerprint density at radius 3 is 1.90 bits per heavy atom. The lowest BCUT2D eigenvalue weighted by Crippen LogP contribution is -2.43. The van der Waals surface area contributed by atoms with Gasteiger partial charge < -0.3 is 9.31 Å². The summed E-state index contributed by atoms with van der Waals surface area (Å²) in [5.41, 5.74) is 0.382. The van der Waals surface area contributed by atoms with Crippen molar-refractivity contribution in [2.24, 2.45) is 0 Å². The van der Waals surface area contributed by atoms with E-state index < -0.39 is 8.07 Å².